The molecule has 0 saturated carbocycles. The van der Waals surface area contributed by atoms with Gasteiger partial charge in [0.25, 0.3) is 5.56 Å². The molecule has 0 aliphatic carbocycles. The Labute approximate surface area is 121 Å². The molecule has 3 aromatic heterocycles. The minimum Gasteiger partial charge on any atom is -0.478 e. The highest BCUT2D eigenvalue weighted by atomic mass is 16.4. The molecule has 0 aliphatic heterocycles. The van der Waals surface area contributed by atoms with Crippen LogP contribution in [0.4, 0.5) is 5.82 Å². The van der Waals surface area contributed by atoms with E-state index in [9.17, 15) is 14.4 Å². The van der Waals surface area contributed by atoms with Gasteiger partial charge in [0.1, 0.15) is 17.1 Å². The quantitative estimate of drug-likeness (QED) is 0.617. The van der Waals surface area contributed by atoms with Crippen molar-refractivity contribution in [2.45, 2.75) is 6.54 Å². The largest absolute Gasteiger partial charge is 0.478 e. The fourth-order valence-electron chi connectivity index (χ4n) is 2.09. The zero-order chi connectivity index (χ0) is 15.9. The summed E-state index contributed by atoms with van der Waals surface area (Å²) in [6, 6.07) is 4.40. The number of nitrogens with two attached hydrogens (primary N) is 1. The van der Waals surface area contributed by atoms with Gasteiger partial charge in [-0.3, -0.25) is 14.3 Å². The molecule has 0 bridgehead atoms. The first-order valence-corrected chi connectivity index (χ1v) is 6.16. The van der Waals surface area contributed by atoms with E-state index in [-0.39, 0.29) is 29.0 Å². The summed E-state index contributed by atoms with van der Waals surface area (Å²) < 4.78 is 6.31. The average Bonchev–Trinajstić information content (AvgIpc) is 2.95. The van der Waals surface area contributed by atoms with E-state index in [4.69, 9.17) is 15.3 Å². The molecule has 0 radical (unpaired) electrons. The summed E-state index contributed by atoms with van der Waals surface area (Å²) in [5.74, 6) is -1.12. The van der Waals surface area contributed by atoms with Gasteiger partial charge in [-0.05, 0) is 18.2 Å². The molecule has 22 heavy (non-hydrogen) atoms. The number of rotatable bonds is 3. The van der Waals surface area contributed by atoms with E-state index in [1.165, 1.54) is 6.26 Å². The van der Waals surface area contributed by atoms with Gasteiger partial charge < -0.3 is 15.3 Å². The number of anilines is 1. The molecule has 3 rings (SSSR count). The van der Waals surface area contributed by atoms with Crippen molar-refractivity contribution in [2.24, 2.45) is 0 Å². The summed E-state index contributed by atoms with van der Waals surface area (Å²) in [7, 11) is 0. The van der Waals surface area contributed by atoms with Gasteiger partial charge >= 0.3 is 11.7 Å². The summed E-state index contributed by atoms with van der Waals surface area (Å²) in [5, 5.41) is 8.99. The fourth-order valence-corrected chi connectivity index (χ4v) is 2.09. The molecule has 0 aliphatic rings. The highest BCUT2D eigenvalue weighted by Gasteiger charge is 2.16. The number of pyridine rings is 1. The van der Waals surface area contributed by atoms with Crippen molar-refractivity contribution in [1.29, 1.82) is 0 Å². The fraction of sp³-hybridized carbons (Fsp3) is 0.0769. The third-order valence-corrected chi connectivity index (χ3v) is 3.12. The van der Waals surface area contributed by atoms with Crippen LogP contribution in [0.3, 0.4) is 0 Å². The zero-order valence-electron chi connectivity index (χ0n) is 11.1. The number of H-pyrrole nitrogens is 1. The Bertz CT molecular complexity index is 984. The number of aromatic carboxylic acids is 1. The average molecular weight is 302 g/mol. The van der Waals surface area contributed by atoms with Crippen LogP contribution < -0.4 is 17.0 Å². The van der Waals surface area contributed by atoms with Crippen molar-refractivity contribution in [3.05, 3.63) is 56.6 Å². The maximum Gasteiger partial charge on any atom is 0.339 e. The number of fused-ring (bicyclic) bond motifs is 1. The Morgan fingerprint density at radius 2 is 2.23 bits per heavy atom. The number of hydrogen-bond acceptors (Lipinski definition) is 6. The third kappa shape index (κ3) is 2.14. The molecule has 0 aromatic carbocycles. The van der Waals surface area contributed by atoms with Gasteiger partial charge in [-0.1, -0.05) is 0 Å². The van der Waals surface area contributed by atoms with E-state index in [2.05, 4.69) is 9.97 Å². The molecule has 3 heterocycles. The van der Waals surface area contributed by atoms with E-state index in [0.29, 0.717) is 5.76 Å². The SMILES string of the molecule is Nc1nc2c(cc1C(=O)O)c(=O)[nH]c(=O)n2Cc1ccco1. The Hall–Kier alpha value is -3.36. The number of hydrogen-bond donors (Lipinski definition) is 3. The molecule has 0 amide bonds. The van der Waals surface area contributed by atoms with Crippen molar-refractivity contribution >= 4 is 22.8 Å². The van der Waals surface area contributed by atoms with Crippen LogP contribution in [0.5, 0.6) is 0 Å². The second-order valence-electron chi connectivity index (χ2n) is 4.52. The maximum atomic E-state index is 12.0. The van der Waals surface area contributed by atoms with Gasteiger partial charge in [-0.15, -0.1) is 0 Å². The number of aromatic amines is 1. The number of nitrogens with one attached hydrogen (secondary N) is 1. The first-order valence-electron chi connectivity index (χ1n) is 6.16. The second-order valence-corrected chi connectivity index (χ2v) is 4.52. The second kappa shape index (κ2) is 4.88. The van der Waals surface area contributed by atoms with Crippen LogP contribution in [0.1, 0.15) is 16.1 Å². The normalized spacial score (nSPS) is 10.9. The van der Waals surface area contributed by atoms with E-state index in [0.717, 1.165) is 10.6 Å². The number of carboxylic acid groups (broad SMARTS) is 1. The van der Waals surface area contributed by atoms with Gasteiger partial charge in [-0.25, -0.2) is 14.6 Å². The van der Waals surface area contributed by atoms with Crippen molar-refractivity contribution in [2.75, 3.05) is 5.73 Å². The molecular formula is C13H10N4O5. The van der Waals surface area contributed by atoms with Crippen LogP contribution in [-0.4, -0.2) is 25.6 Å². The molecule has 112 valence electrons. The predicted octanol–water partition coefficient (Wildman–Crippen LogP) is 0.00650. The van der Waals surface area contributed by atoms with Gasteiger partial charge in [0.2, 0.25) is 0 Å². The maximum absolute atomic E-state index is 12.0. The molecule has 0 fully saturated rings. The number of aromatic nitrogens is 3. The van der Waals surface area contributed by atoms with Gasteiger partial charge in [0.05, 0.1) is 18.2 Å². The monoisotopic (exact) mass is 302 g/mol. The summed E-state index contributed by atoms with van der Waals surface area (Å²) in [4.78, 5) is 40.9. The Kier molecular flexibility index (Phi) is 3.02. The van der Waals surface area contributed by atoms with Crippen LogP contribution in [-0.2, 0) is 6.54 Å². The highest BCUT2D eigenvalue weighted by Crippen LogP contribution is 2.15. The van der Waals surface area contributed by atoms with E-state index in [1.54, 1.807) is 12.1 Å². The molecule has 9 heteroatoms. The first-order chi connectivity index (χ1) is 10.5. The molecule has 9 nitrogen and oxygen atoms in total. The lowest BCUT2D eigenvalue weighted by molar-refractivity contribution is 0.0698. The number of nitrogen functional groups attached to an aromatic ring is 1. The summed E-state index contributed by atoms with van der Waals surface area (Å²) in [5.41, 5.74) is 3.85. The molecule has 0 unspecified atom stereocenters. The van der Waals surface area contributed by atoms with Crippen LogP contribution in [0.25, 0.3) is 11.0 Å². The smallest absolute Gasteiger partial charge is 0.339 e. The Morgan fingerprint density at radius 1 is 1.45 bits per heavy atom. The van der Waals surface area contributed by atoms with Gasteiger partial charge in [0, 0.05) is 0 Å². The first kappa shape index (κ1) is 13.6. The molecule has 0 saturated heterocycles. The lowest BCUT2D eigenvalue weighted by Crippen LogP contribution is -2.31. The summed E-state index contributed by atoms with van der Waals surface area (Å²) in [6.07, 6.45) is 1.44. The van der Waals surface area contributed by atoms with E-state index < -0.39 is 17.2 Å². The summed E-state index contributed by atoms with van der Waals surface area (Å²) >= 11 is 0. The highest BCUT2D eigenvalue weighted by molar-refractivity contribution is 5.96. The lowest BCUT2D eigenvalue weighted by Gasteiger charge is -2.09. The van der Waals surface area contributed by atoms with Crippen LogP contribution >= 0.6 is 0 Å². The predicted molar refractivity (Wildman–Crippen MR) is 75.8 cm³/mol. The third-order valence-electron chi connectivity index (χ3n) is 3.12. The minimum absolute atomic E-state index is 0.00681. The zero-order valence-corrected chi connectivity index (χ0v) is 11.1. The summed E-state index contributed by atoms with van der Waals surface area (Å²) in [6.45, 7) is 0.0258. The molecular weight excluding hydrogens is 292 g/mol. The van der Waals surface area contributed by atoms with E-state index >= 15 is 0 Å². The Balaban J connectivity index is 2.32. The van der Waals surface area contributed by atoms with Gasteiger partial charge in [0.15, 0.2) is 5.65 Å². The van der Waals surface area contributed by atoms with Crippen molar-refractivity contribution in [3.63, 3.8) is 0 Å². The van der Waals surface area contributed by atoms with E-state index in [1.807, 2.05) is 0 Å². The number of carboxylic acids is 1. The van der Waals surface area contributed by atoms with Crippen molar-refractivity contribution < 1.29 is 14.3 Å². The number of nitrogens with zero attached hydrogens (tertiary/aromatic N) is 2. The molecule has 0 atom stereocenters. The lowest BCUT2D eigenvalue weighted by atomic mass is 10.2. The standard InChI is InChI=1S/C13H10N4O5/c14-9-7(12(19)20)4-8-10(15-9)17(13(21)16-11(8)18)5-6-2-1-3-22-6/h1-4H,5H2,(H2,14,15)(H,19,20)(H,16,18,21). The molecule has 3 aromatic rings. The number of carbonyl (C=O) groups is 1. The van der Waals surface area contributed by atoms with Crippen LogP contribution in [0.15, 0.2) is 38.5 Å². The van der Waals surface area contributed by atoms with Crippen molar-refractivity contribution in [1.82, 2.24) is 14.5 Å². The minimum atomic E-state index is -1.31. The van der Waals surface area contributed by atoms with Crippen molar-refractivity contribution in [3.8, 4) is 0 Å². The van der Waals surface area contributed by atoms with Gasteiger partial charge in [-0.2, -0.15) is 0 Å². The molecule has 0 spiro atoms. The van der Waals surface area contributed by atoms with Crippen LogP contribution in [0.2, 0.25) is 0 Å². The van der Waals surface area contributed by atoms with Crippen LogP contribution in [0, 0.1) is 0 Å². The Morgan fingerprint density at radius 3 is 2.86 bits per heavy atom. The number of furan rings is 1. The molecule has 4 N–H and O–H groups in total. The topological polar surface area (TPSA) is 144 Å².